The Labute approximate surface area is 103 Å². The topological polar surface area (TPSA) is 78.6 Å². The van der Waals surface area contributed by atoms with Gasteiger partial charge in [0.2, 0.25) is 0 Å². The van der Waals surface area contributed by atoms with E-state index in [4.69, 9.17) is 22.1 Å². The molecular weight excluding hydrogens is 246 g/mol. The molecule has 0 amide bonds. The Kier molecular flexibility index (Phi) is 4.34. The summed E-state index contributed by atoms with van der Waals surface area (Å²) in [5, 5.41) is 0.173. The van der Waals surface area contributed by atoms with Crippen LogP contribution in [0.15, 0.2) is 18.2 Å². The quantitative estimate of drug-likeness (QED) is 0.658. The van der Waals surface area contributed by atoms with Crippen LogP contribution in [0.5, 0.6) is 0 Å². The van der Waals surface area contributed by atoms with Crippen LogP contribution in [0, 0.1) is 0 Å². The van der Waals surface area contributed by atoms with Gasteiger partial charge in [0.15, 0.2) is 6.10 Å². The van der Waals surface area contributed by atoms with Crippen molar-refractivity contribution < 1.29 is 19.1 Å². The molecule has 0 spiro atoms. The lowest BCUT2D eigenvalue weighted by Gasteiger charge is -2.11. The van der Waals surface area contributed by atoms with Crippen LogP contribution < -0.4 is 5.73 Å². The molecule has 1 atom stereocenters. The number of hydrogen-bond acceptors (Lipinski definition) is 5. The molecular formula is C11H12ClNO4. The first-order valence-corrected chi connectivity index (χ1v) is 5.17. The average molecular weight is 258 g/mol. The van der Waals surface area contributed by atoms with Gasteiger partial charge >= 0.3 is 11.9 Å². The molecule has 0 saturated carbocycles. The minimum Gasteiger partial charge on any atom is -0.466 e. The normalized spacial score (nSPS) is 11.7. The monoisotopic (exact) mass is 257 g/mol. The van der Waals surface area contributed by atoms with E-state index in [9.17, 15) is 9.59 Å². The molecule has 1 rings (SSSR count). The fourth-order valence-electron chi connectivity index (χ4n) is 1.14. The Morgan fingerprint density at radius 1 is 1.41 bits per heavy atom. The summed E-state index contributed by atoms with van der Waals surface area (Å²) in [6.45, 7) is 1.41. The molecule has 1 aromatic carbocycles. The van der Waals surface area contributed by atoms with Gasteiger partial charge in [0.25, 0.3) is 0 Å². The van der Waals surface area contributed by atoms with Crippen LogP contribution in [0.25, 0.3) is 0 Å². The second-order valence-electron chi connectivity index (χ2n) is 3.31. The number of nitrogen functional groups attached to an aromatic ring is 1. The summed E-state index contributed by atoms with van der Waals surface area (Å²) >= 11 is 5.82. The Balaban J connectivity index is 2.80. The maximum absolute atomic E-state index is 11.7. The molecule has 0 aliphatic carbocycles. The molecule has 2 N–H and O–H groups in total. The fourth-order valence-corrected chi connectivity index (χ4v) is 1.40. The molecule has 1 unspecified atom stereocenters. The lowest BCUT2D eigenvalue weighted by atomic mass is 10.2. The van der Waals surface area contributed by atoms with Crippen molar-refractivity contribution in [1.82, 2.24) is 0 Å². The molecule has 0 fully saturated rings. The second kappa shape index (κ2) is 5.54. The van der Waals surface area contributed by atoms with Crippen molar-refractivity contribution >= 4 is 29.2 Å². The number of ether oxygens (including phenoxy) is 2. The van der Waals surface area contributed by atoms with Crippen molar-refractivity contribution in [2.24, 2.45) is 0 Å². The summed E-state index contributed by atoms with van der Waals surface area (Å²) < 4.78 is 9.30. The zero-order valence-electron chi connectivity index (χ0n) is 9.40. The van der Waals surface area contributed by atoms with Gasteiger partial charge in [0.05, 0.1) is 17.7 Å². The van der Waals surface area contributed by atoms with E-state index < -0.39 is 18.0 Å². The van der Waals surface area contributed by atoms with E-state index in [1.807, 2.05) is 0 Å². The van der Waals surface area contributed by atoms with Crippen molar-refractivity contribution in [3.63, 3.8) is 0 Å². The molecule has 6 heteroatoms. The van der Waals surface area contributed by atoms with Crippen LogP contribution in [-0.2, 0) is 14.3 Å². The molecule has 5 nitrogen and oxygen atoms in total. The molecule has 92 valence electrons. The summed E-state index contributed by atoms with van der Waals surface area (Å²) in [5.41, 5.74) is 6.08. The van der Waals surface area contributed by atoms with E-state index in [0.717, 1.165) is 0 Å². The summed E-state index contributed by atoms with van der Waals surface area (Å²) in [6.07, 6.45) is -0.985. The van der Waals surface area contributed by atoms with Crippen LogP contribution >= 0.6 is 11.6 Å². The standard InChI is InChI=1S/C11H12ClNO4/c1-6(10(14)16-2)17-11(15)8-4-3-7(13)5-9(8)12/h3-6H,13H2,1-2H3. The molecule has 0 radical (unpaired) electrons. The van der Waals surface area contributed by atoms with Gasteiger partial charge in [-0.25, -0.2) is 9.59 Å². The Morgan fingerprint density at radius 3 is 2.59 bits per heavy atom. The predicted octanol–water partition coefficient (Wildman–Crippen LogP) is 1.64. The maximum Gasteiger partial charge on any atom is 0.346 e. The third-order valence-corrected chi connectivity index (χ3v) is 2.34. The smallest absolute Gasteiger partial charge is 0.346 e. The molecule has 0 aromatic heterocycles. The van der Waals surface area contributed by atoms with Gasteiger partial charge in [0.1, 0.15) is 0 Å². The SMILES string of the molecule is COC(=O)C(C)OC(=O)c1ccc(N)cc1Cl. The number of benzene rings is 1. The molecule has 0 saturated heterocycles. The lowest BCUT2D eigenvalue weighted by Crippen LogP contribution is -2.25. The van der Waals surface area contributed by atoms with Crippen molar-refractivity contribution in [1.29, 1.82) is 0 Å². The highest BCUT2D eigenvalue weighted by molar-refractivity contribution is 6.33. The van der Waals surface area contributed by atoms with Gasteiger partial charge in [-0.05, 0) is 25.1 Å². The molecule has 0 bridgehead atoms. The minimum absolute atomic E-state index is 0.150. The molecule has 0 aliphatic heterocycles. The van der Waals surface area contributed by atoms with Crippen LogP contribution in [0.1, 0.15) is 17.3 Å². The second-order valence-corrected chi connectivity index (χ2v) is 3.72. The molecule has 1 aromatic rings. The number of rotatable bonds is 3. The zero-order valence-corrected chi connectivity index (χ0v) is 10.2. The minimum atomic E-state index is -0.985. The summed E-state index contributed by atoms with van der Waals surface area (Å²) in [7, 11) is 1.21. The number of carbonyl (C=O) groups excluding carboxylic acids is 2. The van der Waals surface area contributed by atoms with Crippen molar-refractivity contribution in [3.05, 3.63) is 28.8 Å². The van der Waals surface area contributed by atoms with Gasteiger partial charge in [0, 0.05) is 5.69 Å². The number of carbonyl (C=O) groups is 2. The predicted molar refractivity (Wildman–Crippen MR) is 62.8 cm³/mol. The van der Waals surface area contributed by atoms with E-state index in [-0.39, 0.29) is 10.6 Å². The zero-order chi connectivity index (χ0) is 13.0. The van der Waals surface area contributed by atoms with Crippen molar-refractivity contribution in [2.75, 3.05) is 12.8 Å². The molecule has 0 aliphatic rings. The van der Waals surface area contributed by atoms with Gasteiger partial charge in [-0.1, -0.05) is 11.6 Å². The number of hydrogen-bond donors (Lipinski definition) is 1. The number of anilines is 1. The van der Waals surface area contributed by atoms with Crippen LogP contribution in [-0.4, -0.2) is 25.2 Å². The number of halogens is 1. The van der Waals surface area contributed by atoms with E-state index in [2.05, 4.69) is 4.74 Å². The van der Waals surface area contributed by atoms with Gasteiger partial charge < -0.3 is 15.2 Å². The summed E-state index contributed by atoms with van der Waals surface area (Å²) in [4.78, 5) is 22.7. The first kappa shape index (κ1) is 13.3. The number of nitrogens with two attached hydrogens (primary N) is 1. The van der Waals surface area contributed by atoms with Crippen molar-refractivity contribution in [3.8, 4) is 0 Å². The van der Waals surface area contributed by atoms with E-state index in [1.165, 1.54) is 32.2 Å². The number of esters is 2. The third kappa shape index (κ3) is 3.35. The lowest BCUT2D eigenvalue weighted by molar-refractivity contribution is -0.149. The Bertz CT molecular complexity index is 447. The highest BCUT2D eigenvalue weighted by Crippen LogP contribution is 2.20. The van der Waals surface area contributed by atoms with E-state index in [1.54, 1.807) is 0 Å². The van der Waals surface area contributed by atoms with Crippen molar-refractivity contribution in [2.45, 2.75) is 13.0 Å². The third-order valence-electron chi connectivity index (χ3n) is 2.03. The van der Waals surface area contributed by atoms with Crippen LogP contribution in [0.4, 0.5) is 5.69 Å². The first-order chi connectivity index (χ1) is 7.95. The van der Waals surface area contributed by atoms with Crippen LogP contribution in [0.3, 0.4) is 0 Å². The first-order valence-electron chi connectivity index (χ1n) is 4.79. The highest BCUT2D eigenvalue weighted by Gasteiger charge is 2.20. The Hall–Kier alpha value is -1.75. The van der Waals surface area contributed by atoms with Gasteiger partial charge in [-0.15, -0.1) is 0 Å². The van der Waals surface area contributed by atoms with E-state index in [0.29, 0.717) is 5.69 Å². The molecule has 17 heavy (non-hydrogen) atoms. The van der Waals surface area contributed by atoms with Gasteiger partial charge in [-0.2, -0.15) is 0 Å². The maximum atomic E-state index is 11.7. The molecule has 0 heterocycles. The number of methoxy groups -OCH3 is 1. The van der Waals surface area contributed by atoms with Crippen LogP contribution in [0.2, 0.25) is 5.02 Å². The average Bonchev–Trinajstić information content (AvgIpc) is 2.27. The fraction of sp³-hybridized carbons (Fsp3) is 0.273. The van der Waals surface area contributed by atoms with Gasteiger partial charge in [-0.3, -0.25) is 0 Å². The largest absolute Gasteiger partial charge is 0.466 e. The highest BCUT2D eigenvalue weighted by atomic mass is 35.5. The Morgan fingerprint density at radius 2 is 2.06 bits per heavy atom. The summed E-state index contributed by atoms with van der Waals surface area (Å²) in [5.74, 6) is -1.34. The van der Waals surface area contributed by atoms with E-state index >= 15 is 0 Å². The summed E-state index contributed by atoms with van der Waals surface area (Å²) in [6, 6.07) is 4.39.